The Kier molecular flexibility index (Phi) is 4.08. The number of hydrogen-bond donors (Lipinski definition) is 2. The van der Waals surface area contributed by atoms with Crippen molar-refractivity contribution in [3.63, 3.8) is 0 Å². The van der Waals surface area contributed by atoms with Crippen LogP contribution in [0.1, 0.15) is 32.7 Å². The summed E-state index contributed by atoms with van der Waals surface area (Å²) < 4.78 is 0. The van der Waals surface area contributed by atoms with Crippen molar-refractivity contribution < 1.29 is 15.0 Å². The Hall–Kier alpha value is -1.89. The molecule has 2 heterocycles. The molecule has 110 valence electrons. The Morgan fingerprint density at radius 3 is 2.50 bits per heavy atom. The molecule has 1 amide bonds. The molecule has 1 aliphatic rings. The molecule has 0 saturated carbocycles. The van der Waals surface area contributed by atoms with E-state index in [1.54, 1.807) is 19.2 Å². The van der Waals surface area contributed by atoms with Crippen LogP contribution >= 0.6 is 0 Å². The van der Waals surface area contributed by atoms with Gasteiger partial charge in [-0.3, -0.25) is 4.90 Å². The van der Waals surface area contributed by atoms with E-state index >= 15 is 0 Å². The molecule has 3 atom stereocenters. The second-order valence-corrected chi connectivity index (χ2v) is 5.24. The summed E-state index contributed by atoms with van der Waals surface area (Å²) in [6, 6.07) is 1.56. The summed E-state index contributed by atoms with van der Waals surface area (Å²) in [6.07, 6.45) is 0.00522. The third-order valence-electron chi connectivity index (χ3n) is 3.50. The van der Waals surface area contributed by atoms with Gasteiger partial charge in [0.1, 0.15) is 11.9 Å². The minimum absolute atomic E-state index is 0.110. The summed E-state index contributed by atoms with van der Waals surface area (Å²) in [5.74, 6) is 1.10. The third-order valence-corrected chi connectivity index (χ3v) is 3.50. The molecule has 2 rings (SSSR count). The normalized spacial score (nSPS) is 24.6. The molecule has 2 N–H and O–H groups in total. The Morgan fingerprint density at radius 2 is 2.00 bits per heavy atom. The van der Waals surface area contributed by atoms with Gasteiger partial charge in [0.2, 0.25) is 0 Å². The van der Waals surface area contributed by atoms with Gasteiger partial charge in [0.05, 0.1) is 12.1 Å². The molecule has 0 bridgehead atoms. The first-order chi connectivity index (χ1) is 9.40. The number of carbonyl (C=O) groups is 1. The Balaban J connectivity index is 2.19. The number of carboxylic acid groups (broad SMARTS) is 1. The summed E-state index contributed by atoms with van der Waals surface area (Å²) in [7, 11) is 0. The number of hydrogen-bond acceptors (Lipinski definition) is 5. The van der Waals surface area contributed by atoms with Gasteiger partial charge in [-0.15, -0.1) is 0 Å². The molecule has 0 radical (unpaired) electrons. The average Bonchev–Trinajstić information content (AvgIpc) is 2.37. The van der Waals surface area contributed by atoms with Crippen molar-refractivity contribution in [2.75, 3.05) is 18.0 Å². The second-order valence-electron chi connectivity index (χ2n) is 5.24. The van der Waals surface area contributed by atoms with Gasteiger partial charge in [-0.2, -0.15) is 0 Å². The van der Waals surface area contributed by atoms with E-state index in [0.29, 0.717) is 18.9 Å². The van der Waals surface area contributed by atoms with Crippen LogP contribution in [0.5, 0.6) is 0 Å². The predicted octanol–water partition coefficient (Wildman–Crippen LogP) is 1.11. The molecule has 7 heteroatoms. The monoisotopic (exact) mass is 280 g/mol. The van der Waals surface area contributed by atoms with Crippen molar-refractivity contribution in [2.24, 2.45) is 0 Å². The maximum atomic E-state index is 11.2. The molecule has 1 aromatic rings. The van der Waals surface area contributed by atoms with Gasteiger partial charge >= 0.3 is 6.09 Å². The fourth-order valence-corrected chi connectivity index (χ4v) is 2.63. The number of aliphatic hydroxyl groups excluding tert-OH is 1. The van der Waals surface area contributed by atoms with Crippen LogP contribution in [0.25, 0.3) is 0 Å². The summed E-state index contributed by atoms with van der Waals surface area (Å²) in [6.45, 7) is 6.54. The molecule has 0 unspecified atom stereocenters. The lowest BCUT2D eigenvalue weighted by atomic mass is 10.1. The van der Waals surface area contributed by atoms with E-state index in [9.17, 15) is 15.0 Å². The van der Waals surface area contributed by atoms with Crippen LogP contribution in [0.4, 0.5) is 10.6 Å². The van der Waals surface area contributed by atoms with E-state index in [-0.39, 0.29) is 12.1 Å². The van der Waals surface area contributed by atoms with E-state index in [1.165, 1.54) is 4.90 Å². The average molecular weight is 280 g/mol. The fraction of sp³-hybridized carbons (Fsp3) is 0.615. The lowest BCUT2D eigenvalue weighted by Crippen LogP contribution is -2.58. The first kappa shape index (κ1) is 14.5. The van der Waals surface area contributed by atoms with Crippen molar-refractivity contribution in [3.8, 4) is 0 Å². The predicted molar refractivity (Wildman–Crippen MR) is 73.7 cm³/mol. The first-order valence-electron chi connectivity index (χ1n) is 6.67. The van der Waals surface area contributed by atoms with Crippen LogP contribution in [-0.4, -0.2) is 56.3 Å². The van der Waals surface area contributed by atoms with Gasteiger partial charge in [-0.25, -0.2) is 14.8 Å². The topological polar surface area (TPSA) is 89.8 Å². The Labute approximate surface area is 117 Å². The van der Waals surface area contributed by atoms with Crippen LogP contribution < -0.4 is 4.90 Å². The molecule has 20 heavy (non-hydrogen) atoms. The van der Waals surface area contributed by atoms with Crippen molar-refractivity contribution in [1.82, 2.24) is 14.9 Å². The number of aliphatic hydroxyl groups is 1. The molecule has 1 aliphatic heterocycles. The smallest absolute Gasteiger partial charge is 0.407 e. The van der Waals surface area contributed by atoms with E-state index in [0.717, 1.165) is 5.82 Å². The summed E-state index contributed by atoms with van der Waals surface area (Å²) >= 11 is 0. The van der Waals surface area contributed by atoms with Crippen LogP contribution in [0, 0.1) is 0 Å². The molecule has 0 aliphatic carbocycles. The van der Waals surface area contributed by atoms with Crippen molar-refractivity contribution in [3.05, 3.63) is 18.1 Å². The maximum absolute atomic E-state index is 11.2. The lowest BCUT2D eigenvalue weighted by molar-refractivity contribution is 0.0980. The molecular formula is C13H20N4O3. The van der Waals surface area contributed by atoms with Gasteiger partial charge in [-0.1, -0.05) is 0 Å². The molecule has 0 spiro atoms. The highest BCUT2D eigenvalue weighted by molar-refractivity contribution is 5.66. The summed E-state index contributed by atoms with van der Waals surface area (Å²) in [5.41, 5.74) is 0. The molecule has 1 fully saturated rings. The quantitative estimate of drug-likeness (QED) is 0.843. The van der Waals surface area contributed by atoms with Gasteiger partial charge in [0.25, 0.3) is 0 Å². The Morgan fingerprint density at radius 1 is 1.40 bits per heavy atom. The summed E-state index contributed by atoms with van der Waals surface area (Å²) in [4.78, 5) is 23.1. The zero-order chi connectivity index (χ0) is 14.9. The minimum atomic E-state index is -0.892. The van der Waals surface area contributed by atoms with E-state index in [4.69, 9.17) is 0 Å². The molecule has 7 nitrogen and oxygen atoms in total. The van der Waals surface area contributed by atoms with E-state index in [1.807, 2.05) is 18.7 Å². The number of rotatable bonds is 2. The van der Waals surface area contributed by atoms with Gasteiger partial charge in [-0.05, 0) is 26.8 Å². The SMILES string of the molecule is C[C@@H]1CN(c2ccnc([C@@H](C)O)n2)C[C@H](C)N1C(=O)O. The molecule has 0 aromatic carbocycles. The first-order valence-corrected chi connectivity index (χ1v) is 6.67. The number of aromatic nitrogens is 2. The third kappa shape index (κ3) is 2.82. The van der Waals surface area contributed by atoms with Crippen LogP contribution in [0.15, 0.2) is 12.3 Å². The largest absolute Gasteiger partial charge is 0.465 e. The highest BCUT2D eigenvalue weighted by Gasteiger charge is 2.33. The second kappa shape index (κ2) is 5.62. The van der Waals surface area contributed by atoms with Gasteiger partial charge in [0, 0.05) is 19.3 Å². The maximum Gasteiger partial charge on any atom is 0.407 e. The van der Waals surface area contributed by atoms with Crippen LogP contribution in [-0.2, 0) is 0 Å². The van der Waals surface area contributed by atoms with Gasteiger partial charge in [0.15, 0.2) is 5.82 Å². The van der Waals surface area contributed by atoms with Crippen LogP contribution in [0.3, 0.4) is 0 Å². The van der Waals surface area contributed by atoms with Crippen LogP contribution in [0.2, 0.25) is 0 Å². The van der Waals surface area contributed by atoms with Crippen molar-refractivity contribution >= 4 is 11.9 Å². The number of anilines is 1. The molecule has 1 aromatic heterocycles. The number of piperazine rings is 1. The zero-order valence-corrected chi connectivity index (χ0v) is 11.9. The van der Waals surface area contributed by atoms with Crippen molar-refractivity contribution in [2.45, 2.75) is 39.0 Å². The zero-order valence-electron chi connectivity index (χ0n) is 11.9. The Bertz CT molecular complexity index is 482. The number of nitrogens with zero attached hydrogens (tertiary/aromatic N) is 4. The molecule has 1 saturated heterocycles. The van der Waals surface area contributed by atoms with E-state index in [2.05, 4.69) is 9.97 Å². The highest BCUT2D eigenvalue weighted by atomic mass is 16.4. The van der Waals surface area contributed by atoms with E-state index < -0.39 is 12.2 Å². The fourth-order valence-electron chi connectivity index (χ4n) is 2.63. The highest BCUT2D eigenvalue weighted by Crippen LogP contribution is 2.21. The lowest BCUT2D eigenvalue weighted by Gasteiger charge is -2.43. The van der Waals surface area contributed by atoms with Gasteiger partial charge < -0.3 is 15.1 Å². The number of amides is 1. The molecular weight excluding hydrogens is 260 g/mol. The standard InChI is InChI=1S/C13H20N4O3/c1-8-6-16(7-9(2)17(8)13(19)20)11-4-5-14-12(15-11)10(3)18/h4-5,8-10,18H,6-7H2,1-3H3,(H,19,20)/t8-,9+,10-/m1/s1. The van der Waals surface area contributed by atoms with Crippen molar-refractivity contribution in [1.29, 1.82) is 0 Å². The minimum Gasteiger partial charge on any atom is -0.465 e. The summed E-state index contributed by atoms with van der Waals surface area (Å²) in [5, 5.41) is 18.7.